The minimum atomic E-state index is -4.70. The Bertz CT molecular complexity index is 1620. The highest BCUT2D eigenvalue weighted by Crippen LogP contribution is 2.51. The molecule has 0 aliphatic carbocycles. The number of hydrogen-bond donors (Lipinski definition) is 4. The molecule has 0 radical (unpaired) electrons. The number of nitrogens with two attached hydrogens (primary N) is 1. The number of fused-ring (bicyclic) bond motifs is 1. The van der Waals surface area contributed by atoms with Crippen LogP contribution in [0.1, 0.15) is 140 Å². The van der Waals surface area contributed by atoms with Gasteiger partial charge in [-0.3, -0.25) is 14.0 Å². The van der Waals surface area contributed by atoms with Gasteiger partial charge in [0.2, 0.25) is 5.95 Å². The molecule has 1 aromatic carbocycles. The molecule has 0 bridgehead atoms. The summed E-state index contributed by atoms with van der Waals surface area (Å²) >= 11 is 0. The second kappa shape index (κ2) is 18.9. The van der Waals surface area contributed by atoms with E-state index in [0.717, 1.165) is 70.9 Å². The summed E-state index contributed by atoms with van der Waals surface area (Å²) in [7, 11) is -4.70. The largest absolute Gasteiger partial charge is 0.527 e. The summed E-state index contributed by atoms with van der Waals surface area (Å²) in [6.07, 6.45) is 9.06. The number of nitrogens with zero attached hydrogens (tertiary/aromatic N) is 3. The fourth-order valence-corrected chi connectivity index (χ4v) is 8.59. The SMILES string of the molecule is Cc1c(C)c2c(c(C)c1OP(=O)(O)OC[C@@H]1C[C@H](O)[C@H](O)C[C@H](n3cnc(N)nc3=O)O1)CCC(C)(CCCC(C)CCCC(C)CCCC(C)C)O2. The van der Waals surface area contributed by atoms with E-state index in [4.69, 9.17) is 24.3 Å². The van der Waals surface area contributed by atoms with Gasteiger partial charge in [0.1, 0.15) is 29.7 Å². The van der Waals surface area contributed by atoms with Gasteiger partial charge in [0, 0.05) is 18.4 Å². The van der Waals surface area contributed by atoms with Crippen LogP contribution in [0.4, 0.5) is 5.95 Å². The van der Waals surface area contributed by atoms with Gasteiger partial charge in [0.05, 0.1) is 24.9 Å². The molecule has 8 atom stereocenters. The third-order valence-corrected chi connectivity index (χ3v) is 12.2. The van der Waals surface area contributed by atoms with Gasteiger partial charge in [-0.15, -0.1) is 0 Å². The second-order valence-corrected chi connectivity index (χ2v) is 17.9. The highest BCUT2D eigenvalue weighted by atomic mass is 31.2. The van der Waals surface area contributed by atoms with E-state index >= 15 is 0 Å². The Morgan fingerprint density at radius 3 is 2.25 bits per heavy atom. The highest BCUT2D eigenvalue weighted by molar-refractivity contribution is 7.47. The Labute approximate surface area is 315 Å². The zero-order valence-electron chi connectivity index (χ0n) is 33.2. The number of phosphoric acid groups is 1. The number of benzene rings is 1. The van der Waals surface area contributed by atoms with Crippen molar-refractivity contribution in [1.82, 2.24) is 14.5 Å². The Kier molecular flexibility index (Phi) is 15.4. The number of anilines is 1. The van der Waals surface area contributed by atoms with Gasteiger partial charge in [-0.05, 0) is 87.8 Å². The first kappa shape index (κ1) is 43.2. The van der Waals surface area contributed by atoms with Crippen molar-refractivity contribution in [3.63, 3.8) is 0 Å². The number of phosphoric ester groups is 1. The second-order valence-electron chi connectivity index (χ2n) is 16.5. The van der Waals surface area contributed by atoms with E-state index < -0.39 is 44.7 Å². The van der Waals surface area contributed by atoms with Crippen LogP contribution in [0.3, 0.4) is 0 Å². The predicted octanol–water partition coefficient (Wildman–Crippen LogP) is 7.26. The smallest absolute Gasteiger partial charge is 0.487 e. The maximum atomic E-state index is 13.3. The number of aromatic nitrogens is 3. The van der Waals surface area contributed by atoms with Gasteiger partial charge >= 0.3 is 13.5 Å². The van der Waals surface area contributed by atoms with Crippen LogP contribution < -0.4 is 20.7 Å². The summed E-state index contributed by atoms with van der Waals surface area (Å²) in [4.78, 5) is 30.7. The lowest BCUT2D eigenvalue weighted by Gasteiger charge is -2.38. The van der Waals surface area contributed by atoms with Crippen molar-refractivity contribution in [1.29, 1.82) is 0 Å². The Morgan fingerprint density at radius 2 is 1.60 bits per heavy atom. The molecular weight excluding hydrogens is 699 g/mol. The summed E-state index contributed by atoms with van der Waals surface area (Å²) in [5, 5.41) is 20.9. The molecule has 3 heterocycles. The predicted molar refractivity (Wildman–Crippen MR) is 205 cm³/mol. The van der Waals surface area contributed by atoms with E-state index in [1.54, 1.807) is 0 Å². The Morgan fingerprint density at radius 1 is 0.981 bits per heavy atom. The number of aliphatic hydroxyl groups is 2. The van der Waals surface area contributed by atoms with Crippen molar-refractivity contribution in [2.75, 3.05) is 12.3 Å². The third-order valence-electron chi connectivity index (χ3n) is 11.3. The Balaban J connectivity index is 1.33. The van der Waals surface area contributed by atoms with Crippen LogP contribution in [-0.2, 0) is 20.2 Å². The van der Waals surface area contributed by atoms with Gasteiger partial charge in [-0.25, -0.2) is 14.3 Å². The third kappa shape index (κ3) is 12.2. The van der Waals surface area contributed by atoms with E-state index in [0.29, 0.717) is 11.5 Å². The van der Waals surface area contributed by atoms with E-state index in [-0.39, 0.29) is 30.1 Å². The van der Waals surface area contributed by atoms with Crippen LogP contribution in [0.25, 0.3) is 0 Å². The average Bonchev–Trinajstić information content (AvgIpc) is 3.21. The van der Waals surface area contributed by atoms with Crippen LogP contribution in [0.2, 0.25) is 0 Å². The molecule has 0 spiro atoms. The molecule has 5 N–H and O–H groups in total. The van der Waals surface area contributed by atoms with Crippen molar-refractivity contribution in [2.24, 2.45) is 17.8 Å². The lowest BCUT2D eigenvalue weighted by atomic mass is 9.84. The van der Waals surface area contributed by atoms with E-state index in [1.807, 2.05) is 20.8 Å². The fourth-order valence-electron chi connectivity index (χ4n) is 7.68. The first-order valence-corrected chi connectivity index (χ1v) is 21.1. The highest BCUT2D eigenvalue weighted by Gasteiger charge is 2.38. The molecule has 2 aromatic rings. The van der Waals surface area contributed by atoms with Crippen molar-refractivity contribution in [2.45, 2.75) is 169 Å². The molecule has 2 aliphatic rings. The van der Waals surface area contributed by atoms with E-state index in [2.05, 4.69) is 44.6 Å². The normalized spacial score (nSPS) is 25.6. The minimum absolute atomic E-state index is 0.120. The molecular formula is C39H65N4O9P. The number of nitrogen functional groups attached to an aromatic ring is 1. The Hall–Kier alpha value is -2.54. The number of hydrogen-bond acceptors (Lipinski definition) is 11. The molecule has 300 valence electrons. The average molecular weight is 765 g/mol. The molecule has 1 saturated heterocycles. The van der Waals surface area contributed by atoms with Crippen molar-refractivity contribution in [3.05, 3.63) is 39.1 Å². The maximum Gasteiger partial charge on any atom is 0.527 e. The van der Waals surface area contributed by atoms with Gasteiger partial charge in [-0.2, -0.15) is 4.98 Å². The molecule has 1 fully saturated rings. The van der Waals surface area contributed by atoms with Crippen LogP contribution in [0.5, 0.6) is 11.5 Å². The van der Waals surface area contributed by atoms with Crippen molar-refractivity contribution < 1.29 is 38.2 Å². The number of ether oxygens (including phenoxy) is 2. The van der Waals surface area contributed by atoms with Crippen LogP contribution in [0, 0.1) is 38.5 Å². The zero-order chi connectivity index (χ0) is 39.1. The van der Waals surface area contributed by atoms with E-state index in [1.165, 1.54) is 44.9 Å². The minimum Gasteiger partial charge on any atom is -0.487 e. The topological polar surface area (TPSA) is 188 Å². The summed E-state index contributed by atoms with van der Waals surface area (Å²) in [5.41, 5.74) is 7.66. The molecule has 14 heteroatoms. The summed E-state index contributed by atoms with van der Waals surface area (Å²) < 4.78 is 38.2. The first-order chi connectivity index (χ1) is 24.9. The quantitative estimate of drug-likeness (QED) is 0.111. The fraction of sp³-hybridized carbons (Fsp3) is 0.769. The van der Waals surface area contributed by atoms with Gasteiger partial charge in [0.15, 0.2) is 0 Å². The van der Waals surface area contributed by atoms with Gasteiger partial charge < -0.3 is 29.9 Å². The standard InChI is InChI=1S/C39H65N4O9P/c1-24(2)12-9-13-25(3)14-10-15-26(4)16-11-18-39(8)19-17-31-29(7)35(27(5)28(6)36(31)51-39)52-53(47,48)49-22-30-20-32(44)33(45)21-34(50-30)43-23-41-37(40)42-38(43)46/h23-26,30,32-34,44-45H,9-22H2,1-8H3,(H,47,48)(H2,40,42,46)/t25?,26?,30-,32-,33+,34+,39?/m0/s1. The molecule has 4 unspecified atom stereocenters. The number of aliphatic hydroxyl groups excluding tert-OH is 2. The molecule has 0 saturated carbocycles. The summed E-state index contributed by atoms with van der Waals surface area (Å²) in [6.45, 7) is 16.7. The molecule has 4 rings (SSSR count). The van der Waals surface area contributed by atoms with Gasteiger partial charge in [-0.1, -0.05) is 72.6 Å². The molecule has 0 amide bonds. The lowest BCUT2D eigenvalue weighted by molar-refractivity contribution is -0.0774. The lowest BCUT2D eigenvalue weighted by Crippen LogP contribution is -2.37. The molecule has 53 heavy (non-hydrogen) atoms. The monoisotopic (exact) mass is 764 g/mol. The van der Waals surface area contributed by atoms with E-state index in [9.17, 15) is 24.5 Å². The van der Waals surface area contributed by atoms with Crippen molar-refractivity contribution >= 4 is 13.8 Å². The molecule has 2 aliphatic heterocycles. The first-order valence-electron chi connectivity index (χ1n) is 19.6. The van der Waals surface area contributed by atoms with Crippen LogP contribution in [0.15, 0.2) is 11.1 Å². The van der Waals surface area contributed by atoms with Crippen molar-refractivity contribution in [3.8, 4) is 11.5 Å². The summed E-state index contributed by atoms with van der Waals surface area (Å²) in [6, 6.07) is 0. The zero-order valence-corrected chi connectivity index (χ0v) is 34.1. The van der Waals surface area contributed by atoms with Gasteiger partial charge in [0.25, 0.3) is 0 Å². The number of rotatable bonds is 18. The van der Waals surface area contributed by atoms with Crippen LogP contribution in [-0.4, -0.2) is 60.2 Å². The maximum absolute atomic E-state index is 13.3. The summed E-state index contributed by atoms with van der Waals surface area (Å²) in [5.74, 6) is 3.15. The molecule has 13 nitrogen and oxygen atoms in total. The van der Waals surface area contributed by atoms with Crippen LogP contribution >= 0.6 is 7.82 Å². The molecule has 1 aromatic heterocycles.